The third kappa shape index (κ3) is 6.29. The number of nitrogens with zero attached hydrogens (tertiary/aromatic N) is 1. The van der Waals surface area contributed by atoms with Crippen LogP contribution in [0.15, 0.2) is 45.8 Å². The van der Waals surface area contributed by atoms with Crippen LogP contribution in [0.1, 0.15) is 48.7 Å². The molecule has 1 amide bonds. The van der Waals surface area contributed by atoms with Gasteiger partial charge in [0.25, 0.3) is 0 Å². The van der Waals surface area contributed by atoms with Crippen molar-refractivity contribution in [3.8, 4) is 5.75 Å². The lowest BCUT2D eigenvalue weighted by Gasteiger charge is -2.18. The van der Waals surface area contributed by atoms with Crippen molar-refractivity contribution in [2.75, 3.05) is 25.0 Å². The highest BCUT2D eigenvalue weighted by Gasteiger charge is 2.13. The smallest absolute Gasteiger partial charge is 0.227 e. The summed E-state index contributed by atoms with van der Waals surface area (Å²) in [6.45, 7) is 3.77. The molecule has 1 fully saturated rings. The van der Waals surface area contributed by atoms with Crippen molar-refractivity contribution in [1.82, 2.24) is 4.90 Å². The van der Waals surface area contributed by atoms with Gasteiger partial charge in [0.1, 0.15) is 12.0 Å². The molecule has 2 heterocycles. The Morgan fingerprint density at radius 2 is 1.79 bits per heavy atom. The van der Waals surface area contributed by atoms with Gasteiger partial charge in [0, 0.05) is 24.2 Å². The Morgan fingerprint density at radius 3 is 2.41 bits per heavy atom. The van der Waals surface area contributed by atoms with Gasteiger partial charge in [0.05, 0.1) is 6.54 Å². The summed E-state index contributed by atoms with van der Waals surface area (Å²) in [6, 6.07) is 7.92. The Hall–Kier alpha value is -2.93. The lowest BCUT2D eigenvalue weighted by atomic mass is 10.1. The van der Waals surface area contributed by atoms with Gasteiger partial charge in [-0.2, -0.15) is 0 Å². The fourth-order valence-corrected chi connectivity index (χ4v) is 3.31. The summed E-state index contributed by atoms with van der Waals surface area (Å²) in [6.07, 6.45) is 6.11. The molecular formula is C22H26N2O5. The quantitative estimate of drug-likeness (QED) is 0.721. The summed E-state index contributed by atoms with van der Waals surface area (Å²) in [4.78, 5) is 37.9. The molecule has 1 aliphatic heterocycles. The number of hydrogen-bond acceptors (Lipinski definition) is 6. The van der Waals surface area contributed by atoms with Crippen LogP contribution in [0.25, 0.3) is 0 Å². The summed E-state index contributed by atoms with van der Waals surface area (Å²) in [5.74, 6) is 0.169. The van der Waals surface area contributed by atoms with Gasteiger partial charge in [-0.05, 0) is 50.2 Å². The van der Waals surface area contributed by atoms with Gasteiger partial charge in [0.2, 0.25) is 17.1 Å². The normalized spacial score (nSPS) is 14.8. The minimum absolute atomic E-state index is 0.0211. The van der Waals surface area contributed by atoms with Crippen LogP contribution in [0, 0.1) is 0 Å². The molecule has 0 saturated carbocycles. The molecule has 2 aromatic rings. The van der Waals surface area contributed by atoms with Crippen LogP contribution in [0.5, 0.6) is 5.75 Å². The molecule has 1 saturated heterocycles. The Bertz CT molecular complexity index is 896. The van der Waals surface area contributed by atoms with Gasteiger partial charge in [-0.15, -0.1) is 0 Å². The third-order valence-corrected chi connectivity index (χ3v) is 4.82. The highest BCUT2D eigenvalue weighted by Crippen LogP contribution is 2.15. The van der Waals surface area contributed by atoms with E-state index in [-0.39, 0.29) is 29.5 Å². The van der Waals surface area contributed by atoms with Gasteiger partial charge in [0.15, 0.2) is 12.4 Å². The fraction of sp³-hybridized carbons (Fsp3) is 0.409. The summed E-state index contributed by atoms with van der Waals surface area (Å²) < 4.78 is 10.9. The lowest BCUT2D eigenvalue weighted by Crippen LogP contribution is -2.24. The topological polar surface area (TPSA) is 88.8 Å². The molecule has 0 radical (unpaired) electrons. The van der Waals surface area contributed by atoms with Crippen LogP contribution in [-0.4, -0.2) is 36.3 Å². The van der Waals surface area contributed by atoms with Crippen LogP contribution in [0.2, 0.25) is 0 Å². The van der Waals surface area contributed by atoms with Crippen LogP contribution in [0.4, 0.5) is 5.69 Å². The number of amides is 1. The maximum Gasteiger partial charge on any atom is 0.227 e. The van der Waals surface area contributed by atoms with E-state index in [1.165, 1.54) is 44.9 Å². The summed E-state index contributed by atoms with van der Waals surface area (Å²) in [5, 5.41) is 2.64. The Morgan fingerprint density at radius 1 is 1.10 bits per heavy atom. The van der Waals surface area contributed by atoms with Crippen molar-refractivity contribution in [2.24, 2.45) is 0 Å². The number of rotatable bonds is 7. The van der Waals surface area contributed by atoms with E-state index in [1.807, 2.05) is 0 Å². The summed E-state index contributed by atoms with van der Waals surface area (Å²) in [7, 11) is 0. The second-order valence-corrected chi connectivity index (χ2v) is 7.24. The second-order valence-electron chi connectivity index (χ2n) is 7.24. The molecule has 1 aliphatic rings. The Kier molecular flexibility index (Phi) is 7.19. The number of ether oxygens (including phenoxy) is 1. The number of carbonyl (C=O) groups is 2. The number of carbonyl (C=O) groups excluding carboxylic acids is 2. The predicted molar refractivity (Wildman–Crippen MR) is 109 cm³/mol. The minimum atomic E-state index is -0.296. The van der Waals surface area contributed by atoms with Gasteiger partial charge in [-0.1, -0.05) is 12.8 Å². The van der Waals surface area contributed by atoms with Crippen molar-refractivity contribution in [2.45, 2.75) is 39.2 Å². The first-order valence-electron chi connectivity index (χ1n) is 9.89. The Balaban J connectivity index is 1.55. The van der Waals surface area contributed by atoms with E-state index < -0.39 is 0 Å². The van der Waals surface area contributed by atoms with Gasteiger partial charge in [-0.3, -0.25) is 19.3 Å². The summed E-state index contributed by atoms with van der Waals surface area (Å²) in [5.41, 5.74) is 0.742. The van der Waals surface area contributed by atoms with Crippen LogP contribution in [0.3, 0.4) is 0 Å². The maximum atomic E-state index is 12.3. The van der Waals surface area contributed by atoms with E-state index in [9.17, 15) is 14.4 Å². The number of anilines is 1. The average Bonchev–Trinajstić information content (AvgIpc) is 2.96. The van der Waals surface area contributed by atoms with E-state index in [1.54, 1.807) is 24.3 Å². The molecule has 7 nitrogen and oxygen atoms in total. The van der Waals surface area contributed by atoms with Crippen molar-refractivity contribution in [3.05, 3.63) is 58.1 Å². The predicted octanol–water partition coefficient (Wildman–Crippen LogP) is 3.24. The molecule has 0 bridgehead atoms. The van der Waals surface area contributed by atoms with Gasteiger partial charge >= 0.3 is 0 Å². The molecule has 1 N–H and O–H groups in total. The number of nitrogens with one attached hydrogen (secondary N) is 1. The fourth-order valence-electron chi connectivity index (χ4n) is 3.31. The zero-order valence-electron chi connectivity index (χ0n) is 16.6. The van der Waals surface area contributed by atoms with E-state index in [4.69, 9.17) is 9.15 Å². The molecule has 1 aromatic heterocycles. The van der Waals surface area contributed by atoms with E-state index in [0.29, 0.717) is 23.6 Å². The second kappa shape index (κ2) is 10.0. The molecule has 29 heavy (non-hydrogen) atoms. The average molecular weight is 398 g/mol. The van der Waals surface area contributed by atoms with E-state index >= 15 is 0 Å². The minimum Gasteiger partial charge on any atom is -0.478 e. The Labute approximate surface area is 169 Å². The molecule has 0 aliphatic carbocycles. The first-order chi connectivity index (χ1) is 14.0. The summed E-state index contributed by atoms with van der Waals surface area (Å²) >= 11 is 0. The molecule has 0 spiro atoms. The molecular weight excluding hydrogens is 372 g/mol. The van der Waals surface area contributed by atoms with Gasteiger partial charge < -0.3 is 14.5 Å². The number of hydrogen-bond donors (Lipinski definition) is 1. The zero-order chi connectivity index (χ0) is 20.6. The van der Waals surface area contributed by atoms with Gasteiger partial charge in [-0.25, -0.2) is 0 Å². The number of likely N-dealkylation sites (tertiary alicyclic amines) is 1. The van der Waals surface area contributed by atoms with Crippen LogP contribution >= 0.6 is 0 Å². The van der Waals surface area contributed by atoms with Crippen molar-refractivity contribution in [1.29, 1.82) is 0 Å². The molecule has 0 unspecified atom stereocenters. The number of ketones is 1. The highest BCUT2D eigenvalue weighted by atomic mass is 16.5. The molecule has 1 aromatic carbocycles. The highest BCUT2D eigenvalue weighted by molar-refractivity contribution is 5.98. The first-order valence-corrected chi connectivity index (χ1v) is 9.89. The zero-order valence-corrected chi connectivity index (χ0v) is 16.6. The van der Waals surface area contributed by atoms with E-state index in [2.05, 4.69) is 10.2 Å². The molecule has 7 heteroatoms. The molecule has 0 atom stereocenters. The monoisotopic (exact) mass is 398 g/mol. The third-order valence-electron chi connectivity index (χ3n) is 4.82. The van der Waals surface area contributed by atoms with Crippen molar-refractivity contribution >= 4 is 17.4 Å². The standard InChI is InChI=1S/C22H26N2O5/c1-16(25)23-18-8-6-17(7-9-18)21(27)14-29-22-15-28-19(12-20(22)26)13-24-10-4-2-3-5-11-24/h6-9,12,15H,2-5,10-11,13-14H2,1H3,(H,23,25). The van der Waals surface area contributed by atoms with Crippen molar-refractivity contribution < 1.29 is 18.7 Å². The van der Waals surface area contributed by atoms with Crippen LogP contribution in [-0.2, 0) is 11.3 Å². The SMILES string of the molecule is CC(=O)Nc1ccc(C(=O)COc2coc(CN3CCCCCC3)cc2=O)cc1. The lowest BCUT2D eigenvalue weighted by molar-refractivity contribution is -0.114. The van der Waals surface area contributed by atoms with E-state index in [0.717, 1.165) is 13.1 Å². The number of Topliss-reactive ketones (excluding diaryl/α,β-unsaturated/α-hetero) is 1. The largest absolute Gasteiger partial charge is 0.478 e. The first kappa shape index (κ1) is 20.8. The van der Waals surface area contributed by atoms with Crippen molar-refractivity contribution in [3.63, 3.8) is 0 Å². The van der Waals surface area contributed by atoms with Crippen LogP contribution < -0.4 is 15.5 Å². The maximum absolute atomic E-state index is 12.3. The number of benzene rings is 1. The molecule has 3 rings (SSSR count). The molecule has 154 valence electrons.